The van der Waals surface area contributed by atoms with Crippen LogP contribution in [0.5, 0.6) is 0 Å². The first kappa shape index (κ1) is 27.8. The van der Waals surface area contributed by atoms with Crippen molar-refractivity contribution >= 4 is 24.6 Å². The lowest BCUT2D eigenvalue weighted by molar-refractivity contribution is -0.135. The van der Waals surface area contributed by atoms with Crippen molar-refractivity contribution < 1.29 is 24.0 Å². The second kappa shape index (κ2) is 12.5. The molecule has 2 heterocycles. The van der Waals surface area contributed by atoms with Crippen molar-refractivity contribution in [3.63, 3.8) is 0 Å². The average molecular weight is 497 g/mol. The zero-order chi connectivity index (χ0) is 26.4. The van der Waals surface area contributed by atoms with Gasteiger partial charge in [-0.3, -0.25) is 4.79 Å². The molecule has 3 N–H and O–H groups in total. The van der Waals surface area contributed by atoms with Crippen LogP contribution < -0.4 is 10.8 Å². The summed E-state index contributed by atoms with van der Waals surface area (Å²) in [5.74, 6) is -0.123. The van der Waals surface area contributed by atoms with E-state index in [9.17, 15) is 14.6 Å². The molecule has 1 aromatic heterocycles. The normalized spacial score (nSPS) is 17.3. The molecule has 196 valence electrons. The van der Waals surface area contributed by atoms with Crippen molar-refractivity contribution in [3.8, 4) is 11.3 Å². The van der Waals surface area contributed by atoms with Crippen molar-refractivity contribution in [2.45, 2.75) is 71.9 Å². The summed E-state index contributed by atoms with van der Waals surface area (Å²) in [6.45, 7) is 8.53. The van der Waals surface area contributed by atoms with Crippen LogP contribution in [0.3, 0.4) is 0 Å². The van der Waals surface area contributed by atoms with Crippen molar-refractivity contribution in [1.82, 2.24) is 15.2 Å². The molecule has 4 rings (SSSR count). The molecule has 2 amide bonds. The molecule has 1 aliphatic heterocycles. The number of hydrogen-bond donors (Lipinski definition) is 3. The number of hydrogen-bond acceptors (Lipinski definition) is 5. The molecule has 9 heteroatoms. The van der Waals surface area contributed by atoms with Crippen molar-refractivity contribution in [2.24, 2.45) is 5.92 Å². The van der Waals surface area contributed by atoms with E-state index in [-0.39, 0.29) is 17.9 Å². The van der Waals surface area contributed by atoms with Crippen LogP contribution in [0, 0.1) is 5.92 Å². The molecule has 0 radical (unpaired) electrons. The number of nitrogens with one attached hydrogen (secondary N) is 2. The summed E-state index contributed by atoms with van der Waals surface area (Å²) in [5, 5.41) is 12.7. The number of amides is 2. The molecule has 0 bridgehead atoms. The molecule has 1 saturated heterocycles. The number of H-pyrrole nitrogens is 1. The van der Waals surface area contributed by atoms with E-state index in [1.54, 1.807) is 0 Å². The molecule has 2 aliphatic rings. The van der Waals surface area contributed by atoms with Gasteiger partial charge >= 0.3 is 13.2 Å². The first-order valence-electron chi connectivity index (χ1n) is 13.1. The van der Waals surface area contributed by atoms with Crippen LogP contribution in [-0.2, 0) is 27.0 Å². The number of carbonyl (C=O) groups excluding carboxylic acids is 2. The van der Waals surface area contributed by atoms with Gasteiger partial charge in [-0.25, -0.2) is 4.79 Å². The van der Waals surface area contributed by atoms with Gasteiger partial charge in [-0.05, 0) is 60.2 Å². The van der Waals surface area contributed by atoms with E-state index in [2.05, 4.69) is 10.3 Å². The van der Waals surface area contributed by atoms with Crippen LogP contribution in [0.25, 0.3) is 11.3 Å². The van der Waals surface area contributed by atoms with E-state index in [1.165, 1.54) is 25.3 Å². The summed E-state index contributed by atoms with van der Waals surface area (Å²) in [5.41, 5.74) is 6.62. The summed E-state index contributed by atoms with van der Waals surface area (Å²) >= 11 is 0. The topological polar surface area (TPSA) is 104 Å². The standard InChI is InChI=1S/C25H34BN3O5.C2H6/c1-15(2)21(28-25(31)33-3)24(30)29-14-6-9-20(29)23-19-8-5-7-18(19)22(27-23)16-10-12-17(13-11-16)26(32)34-4;1-2/h10-13,15,20-21,27,32H,5-9,14H2,1-4H3,(H,28,31);1-2H3. The maximum atomic E-state index is 13.5. The van der Waals surface area contributed by atoms with Gasteiger partial charge in [0.05, 0.1) is 13.2 Å². The predicted molar refractivity (Wildman–Crippen MR) is 142 cm³/mol. The van der Waals surface area contributed by atoms with E-state index in [0.717, 1.165) is 49.1 Å². The Morgan fingerprint density at radius 1 is 1.11 bits per heavy atom. The third-order valence-electron chi connectivity index (χ3n) is 7.07. The van der Waals surface area contributed by atoms with Gasteiger partial charge < -0.3 is 29.6 Å². The van der Waals surface area contributed by atoms with Crippen LogP contribution in [0.4, 0.5) is 4.79 Å². The maximum absolute atomic E-state index is 13.5. The number of nitrogens with zero attached hydrogens (tertiary/aromatic N) is 1. The van der Waals surface area contributed by atoms with Gasteiger partial charge in [0.2, 0.25) is 5.91 Å². The number of fused-ring (bicyclic) bond motifs is 1. The number of carbonyl (C=O) groups is 2. The van der Waals surface area contributed by atoms with E-state index in [4.69, 9.17) is 9.39 Å². The fourth-order valence-corrected chi connectivity index (χ4v) is 5.29. The van der Waals surface area contributed by atoms with Gasteiger partial charge in [0.15, 0.2) is 0 Å². The Kier molecular flexibility index (Phi) is 9.62. The van der Waals surface area contributed by atoms with Gasteiger partial charge in [-0.1, -0.05) is 52.0 Å². The number of methoxy groups -OCH3 is 1. The minimum atomic E-state index is -0.940. The summed E-state index contributed by atoms with van der Waals surface area (Å²) in [4.78, 5) is 31.0. The minimum absolute atomic E-state index is 0.0385. The highest BCUT2D eigenvalue weighted by atomic mass is 16.5. The molecule has 8 nitrogen and oxygen atoms in total. The first-order valence-corrected chi connectivity index (χ1v) is 13.1. The Balaban J connectivity index is 0.00000176. The van der Waals surface area contributed by atoms with E-state index >= 15 is 0 Å². The largest absolute Gasteiger partial charge is 0.490 e. The van der Waals surface area contributed by atoms with Crippen LogP contribution in [-0.4, -0.2) is 60.8 Å². The summed E-state index contributed by atoms with van der Waals surface area (Å²) < 4.78 is 9.75. The zero-order valence-corrected chi connectivity index (χ0v) is 22.4. The van der Waals surface area contributed by atoms with Gasteiger partial charge in [0.25, 0.3) is 0 Å². The van der Waals surface area contributed by atoms with Crippen molar-refractivity contribution in [2.75, 3.05) is 20.8 Å². The molecule has 2 atom stereocenters. The summed E-state index contributed by atoms with van der Waals surface area (Å²) in [6, 6.07) is 7.08. The highest BCUT2D eigenvalue weighted by Crippen LogP contribution is 2.42. The fraction of sp³-hybridized carbons (Fsp3) is 0.556. The number of alkyl carbamates (subject to hydrolysis) is 1. The third kappa shape index (κ3) is 5.62. The highest BCUT2D eigenvalue weighted by molar-refractivity contribution is 6.59. The van der Waals surface area contributed by atoms with Crippen LogP contribution in [0.15, 0.2) is 24.3 Å². The molecule has 1 aliphatic carbocycles. The number of ether oxygens (including phenoxy) is 1. The highest BCUT2D eigenvalue weighted by Gasteiger charge is 2.39. The summed E-state index contributed by atoms with van der Waals surface area (Å²) in [7, 11) is 1.84. The van der Waals surface area contributed by atoms with E-state index in [0.29, 0.717) is 12.0 Å². The molecule has 1 aromatic carbocycles. The van der Waals surface area contributed by atoms with E-state index < -0.39 is 19.3 Å². The molecule has 1 fully saturated rings. The Labute approximate surface area is 214 Å². The van der Waals surface area contributed by atoms with Gasteiger partial charge in [0.1, 0.15) is 6.04 Å². The number of benzene rings is 1. The number of likely N-dealkylation sites (tertiary alicyclic amines) is 1. The van der Waals surface area contributed by atoms with Crippen LogP contribution in [0.2, 0.25) is 0 Å². The Hall–Kier alpha value is -2.78. The second-order valence-electron chi connectivity index (χ2n) is 9.48. The monoisotopic (exact) mass is 497 g/mol. The molecule has 0 spiro atoms. The van der Waals surface area contributed by atoms with E-state index in [1.807, 2.05) is 56.9 Å². The molecular formula is C27H40BN3O5. The minimum Gasteiger partial charge on any atom is -0.453 e. The second-order valence-corrected chi connectivity index (χ2v) is 9.48. The quantitative estimate of drug-likeness (QED) is 0.508. The average Bonchev–Trinajstić information content (AvgIpc) is 3.64. The van der Waals surface area contributed by atoms with Crippen molar-refractivity contribution in [1.29, 1.82) is 0 Å². The van der Waals surface area contributed by atoms with Gasteiger partial charge in [-0.15, -0.1) is 0 Å². The maximum Gasteiger partial charge on any atom is 0.490 e. The van der Waals surface area contributed by atoms with Gasteiger partial charge in [0, 0.05) is 25.0 Å². The lowest BCUT2D eigenvalue weighted by Gasteiger charge is -2.31. The Bertz CT molecular complexity index is 1040. The predicted octanol–water partition coefficient (Wildman–Crippen LogP) is 3.57. The smallest absolute Gasteiger partial charge is 0.453 e. The van der Waals surface area contributed by atoms with Crippen LogP contribution in [0.1, 0.15) is 69.8 Å². The number of aromatic nitrogens is 1. The molecule has 2 aromatic rings. The SMILES string of the molecule is CC.COB(O)c1ccc(-c2[nH]c(C3CCCN3C(=O)C(NC(=O)OC)C(C)C)c3c2CCC3)cc1. The van der Waals surface area contributed by atoms with Crippen molar-refractivity contribution in [3.05, 3.63) is 41.1 Å². The Morgan fingerprint density at radius 3 is 2.39 bits per heavy atom. The molecular weight excluding hydrogens is 457 g/mol. The van der Waals surface area contributed by atoms with Crippen LogP contribution >= 0.6 is 0 Å². The fourth-order valence-electron chi connectivity index (χ4n) is 5.29. The lowest BCUT2D eigenvalue weighted by atomic mass is 9.79. The molecule has 0 saturated carbocycles. The Morgan fingerprint density at radius 2 is 1.78 bits per heavy atom. The summed E-state index contributed by atoms with van der Waals surface area (Å²) in [6.07, 6.45) is 4.32. The number of aromatic amines is 1. The zero-order valence-electron chi connectivity index (χ0n) is 22.4. The third-order valence-corrected chi connectivity index (χ3v) is 7.07. The van der Waals surface area contributed by atoms with Gasteiger partial charge in [-0.2, -0.15) is 0 Å². The molecule has 2 unspecified atom stereocenters. The number of rotatable bonds is 7. The first-order chi connectivity index (χ1) is 17.3. The lowest BCUT2D eigenvalue weighted by Crippen LogP contribution is -2.51. The molecule has 36 heavy (non-hydrogen) atoms.